The van der Waals surface area contributed by atoms with Gasteiger partial charge in [0.25, 0.3) is 0 Å². The van der Waals surface area contributed by atoms with Gasteiger partial charge in [0.1, 0.15) is 19.3 Å². The van der Waals surface area contributed by atoms with Crippen LogP contribution in [0.25, 0.3) is 0 Å². The minimum absolute atomic E-state index is 0.495. The van der Waals surface area contributed by atoms with Crippen LogP contribution in [0.5, 0.6) is 11.5 Å². The molecule has 5 heteroatoms. The van der Waals surface area contributed by atoms with Crippen molar-refractivity contribution in [3.05, 3.63) is 23.8 Å². The predicted octanol–water partition coefficient (Wildman–Crippen LogP) is 2.22. The van der Waals surface area contributed by atoms with Gasteiger partial charge in [0.15, 0.2) is 11.5 Å². The largest absolute Gasteiger partial charge is 0.486 e. The maximum atomic E-state index is 11.4. The number of ether oxygens (including phenoxy) is 2. The fourth-order valence-corrected chi connectivity index (χ4v) is 2.10. The fraction of sp³-hybridized carbons (Fsp3) is 0.533. The molecule has 0 amide bonds. The Kier molecular flexibility index (Phi) is 4.84. The monoisotopic (exact) mass is 279 g/mol. The molecule has 1 heterocycles. The summed E-state index contributed by atoms with van der Waals surface area (Å²) in [5, 5.41) is 12.4. The lowest BCUT2D eigenvalue weighted by Crippen LogP contribution is -2.30. The van der Waals surface area contributed by atoms with Crippen molar-refractivity contribution in [2.45, 2.75) is 26.3 Å². The Morgan fingerprint density at radius 2 is 2.00 bits per heavy atom. The molecule has 0 saturated heterocycles. The third-order valence-electron chi connectivity index (χ3n) is 3.22. The molecule has 5 nitrogen and oxygen atoms in total. The molecule has 1 aromatic rings. The molecule has 0 bridgehead atoms. The van der Waals surface area contributed by atoms with E-state index in [0.29, 0.717) is 42.7 Å². The van der Waals surface area contributed by atoms with E-state index in [1.54, 1.807) is 18.2 Å². The summed E-state index contributed by atoms with van der Waals surface area (Å²) in [7, 11) is 0. The van der Waals surface area contributed by atoms with Crippen molar-refractivity contribution in [3.63, 3.8) is 0 Å². The average molecular weight is 279 g/mol. The summed E-state index contributed by atoms with van der Waals surface area (Å²) >= 11 is 0. The van der Waals surface area contributed by atoms with Gasteiger partial charge in [-0.3, -0.25) is 4.79 Å². The Balaban J connectivity index is 2.10. The van der Waals surface area contributed by atoms with Crippen molar-refractivity contribution in [3.8, 4) is 11.5 Å². The third kappa shape index (κ3) is 3.63. The lowest BCUT2D eigenvalue weighted by atomic mass is 10.0. The summed E-state index contributed by atoms with van der Waals surface area (Å²) in [6.07, 6.45) is 0.939. The summed E-state index contributed by atoms with van der Waals surface area (Å²) in [4.78, 5) is 11.4. The smallest absolute Gasteiger partial charge is 0.325 e. The molecular weight excluding hydrogens is 258 g/mol. The number of hydrogen-bond acceptors (Lipinski definition) is 4. The van der Waals surface area contributed by atoms with E-state index in [-0.39, 0.29) is 0 Å². The van der Waals surface area contributed by atoms with Crippen LogP contribution in [0.2, 0.25) is 0 Å². The lowest BCUT2D eigenvalue weighted by Gasteiger charge is -2.21. The molecule has 2 rings (SSSR count). The van der Waals surface area contributed by atoms with Gasteiger partial charge in [-0.2, -0.15) is 0 Å². The van der Waals surface area contributed by atoms with Crippen LogP contribution in [0.3, 0.4) is 0 Å². The number of nitrogens with one attached hydrogen (secondary N) is 1. The van der Waals surface area contributed by atoms with E-state index in [1.165, 1.54) is 0 Å². The van der Waals surface area contributed by atoms with E-state index >= 15 is 0 Å². The maximum absolute atomic E-state index is 11.4. The molecule has 1 atom stereocenters. The molecule has 2 N–H and O–H groups in total. The minimum atomic E-state index is -0.884. The Hall–Kier alpha value is -1.75. The highest BCUT2D eigenvalue weighted by atomic mass is 16.6. The van der Waals surface area contributed by atoms with Gasteiger partial charge in [0.2, 0.25) is 0 Å². The number of carboxylic acid groups (broad SMARTS) is 1. The second-order valence-corrected chi connectivity index (χ2v) is 5.31. The molecule has 0 spiro atoms. The number of carboxylic acids is 1. The molecule has 1 aliphatic heterocycles. The summed E-state index contributed by atoms with van der Waals surface area (Å²) in [6, 6.07) is 4.57. The molecule has 0 aromatic heterocycles. The van der Waals surface area contributed by atoms with Crippen LogP contribution in [0, 0.1) is 5.92 Å². The molecule has 110 valence electrons. The van der Waals surface area contributed by atoms with Crippen molar-refractivity contribution < 1.29 is 19.4 Å². The zero-order valence-electron chi connectivity index (χ0n) is 11.9. The summed E-state index contributed by atoms with van der Waals surface area (Å²) in [6.45, 7) is 5.92. The summed E-state index contributed by atoms with van der Waals surface area (Å²) in [5.41, 5.74) is 0.686. The second-order valence-electron chi connectivity index (χ2n) is 5.31. The van der Waals surface area contributed by atoms with Crippen molar-refractivity contribution >= 4 is 5.97 Å². The first kappa shape index (κ1) is 14.7. The van der Waals surface area contributed by atoms with Crippen molar-refractivity contribution in [1.29, 1.82) is 0 Å². The summed E-state index contributed by atoms with van der Waals surface area (Å²) < 4.78 is 10.9. The first-order valence-electron chi connectivity index (χ1n) is 6.93. The molecule has 1 aliphatic rings. The second kappa shape index (κ2) is 6.61. The highest BCUT2D eigenvalue weighted by Gasteiger charge is 2.22. The molecular formula is C15H21NO4. The van der Waals surface area contributed by atoms with Gasteiger partial charge in [-0.05, 0) is 36.6 Å². The fourth-order valence-electron chi connectivity index (χ4n) is 2.10. The maximum Gasteiger partial charge on any atom is 0.325 e. The first-order chi connectivity index (χ1) is 9.58. The van der Waals surface area contributed by atoms with Crippen LogP contribution >= 0.6 is 0 Å². The highest BCUT2D eigenvalue weighted by molar-refractivity contribution is 5.76. The van der Waals surface area contributed by atoms with Gasteiger partial charge in [-0.1, -0.05) is 19.9 Å². The summed E-state index contributed by atoms with van der Waals surface area (Å²) in [5.74, 6) is 0.944. The Morgan fingerprint density at radius 1 is 1.30 bits per heavy atom. The van der Waals surface area contributed by atoms with E-state index in [4.69, 9.17) is 9.47 Å². The standard InChI is InChI=1S/C15H21NO4/c1-10(2)5-6-16-14(15(17)18)11-3-4-12-13(9-11)20-8-7-19-12/h3-4,9-10,14,16H,5-8H2,1-2H3,(H,17,18). The van der Waals surface area contributed by atoms with Crippen LogP contribution in [0.1, 0.15) is 31.9 Å². The van der Waals surface area contributed by atoms with Gasteiger partial charge >= 0.3 is 5.97 Å². The van der Waals surface area contributed by atoms with Gasteiger partial charge < -0.3 is 19.9 Å². The predicted molar refractivity (Wildman–Crippen MR) is 75.3 cm³/mol. The Morgan fingerprint density at radius 3 is 2.65 bits per heavy atom. The van der Waals surface area contributed by atoms with Gasteiger partial charge in [0.05, 0.1) is 0 Å². The normalized spacial score (nSPS) is 15.2. The van der Waals surface area contributed by atoms with Crippen LogP contribution in [-0.4, -0.2) is 30.8 Å². The number of carbonyl (C=O) groups is 1. The van der Waals surface area contributed by atoms with Crippen LogP contribution in [-0.2, 0) is 4.79 Å². The van der Waals surface area contributed by atoms with E-state index in [2.05, 4.69) is 19.2 Å². The van der Waals surface area contributed by atoms with Crippen molar-refractivity contribution in [2.75, 3.05) is 19.8 Å². The molecule has 1 unspecified atom stereocenters. The number of rotatable bonds is 6. The zero-order valence-corrected chi connectivity index (χ0v) is 11.9. The molecule has 1 aromatic carbocycles. The highest BCUT2D eigenvalue weighted by Crippen LogP contribution is 2.32. The topological polar surface area (TPSA) is 67.8 Å². The zero-order chi connectivity index (χ0) is 14.5. The van der Waals surface area contributed by atoms with Gasteiger partial charge in [-0.25, -0.2) is 0 Å². The molecule has 0 fully saturated rings. The van der Waals surface area contributed by atoms with Gasteiger partial charge in [0, 0.05) is 0 Å². The Labute approximate surface area is 118 Å². The van der Waals surface area contributed by atoms with Crippen molar-refractivity contribution in [2.24, 2.45) is 5.92 Å². The van der Waals surface area contributed by atoms with Crippen LogP contribution < -0.4 is 14.8 Å². The lowest BCUT2D eigenvalue weighted by molar-refractivity contribution is -0.139. The van der Waals surface area contributed by atoms with E-state index in [9.17, 15) is 9.90 Å². The molecule has 0 aliphatic carbocycles. The average Bonchev–Trinajstić information content (AvgIpc) is 2.42. The molecule has 20 heavy (non-hydrogen) atoms. The number of benzene rings is 1. The number of fused-ring (bicyclic) bond motifs is 1. The van der Waals surface area contributed by atoms with Crippen molar-refractivity contribution in [1.82, 2.24) is 5.32 Å². The SMILES string of the molecule is CC(C)CCNC(C(=O)O)c1ccc2c(c1)OCCO2. The number of hydrogen-bond donors (Lipinski definition) is 2. The van der Waals surface area contributed by atoms with E-state index < -0.39 is 12.0 Å². The molecule has 0 radical (unpaired) electrons. The van der Waals surface area contributed by atoms with Crippen LogP contribution in [0.4, 0.5) is 0 Å². The minimum Gasteiger partial charge on any atom is -0.486 e. The number of aliphatic carboxylic acids is 1. The quantitative estimate of drug-likeness (QED) is 0.835. The van der Waals surface area contributed by atoms with Crippen LogP contribution in [0.15, 0.2) is 18.2 Å². The van der Waals surface area contributed by atoms with Gasteiger partial charge in [-0.15, -0.1) is 0 Å². The third-order valence-corrected chi connectivity index (χ3v) is 3.22. The first-order valence-corrected chi connectivity index (χ1v) is 6.93. The molecule has 0 saturated carbocycles. The Bertz CT molecular complexity index is 473. The van der Waals surface area contributed by atoms with E-state index in [0.717, 1.165) is 6.42 Å². The van der Waals surface area contributed by atoms with E-state index in [1.807, 2.05) is 0 Å².